The molecule has 0 saturated carbocycles. The van der Waals surface area contributed by atoms with Crippen LogP contribution in [-0.4, -0.2) is 47.4 Å². The number of carbonyl (C=O) groups excluding carboxylic acids is 2. The molecule has 0 spiro atoms. The van der Waals surface area contributed by atoms with Crippen LogP contribution in [0.15, 0.2) is 53.1 Å². The molecule has 30 heavy (non-hydrogen) atoms. The second-order valence-electron chi connectivity index (χ2n) is 7.28. The van der Waals surface area contributed by atoms with Crippen LogP contribution in [-0.2, 0) is 14.4 Å². The minimum Gasteiger partial charge on any atom is -0.480 e. The van der Waals surface area contributed by atoms with Gasteiger partial charge in [-0.2, -0.15) is 5.26 Å². The van der Waals surface area contributed by atoms with E-state index in [1.807, 2.05) is 18.2 Å². The van der Waals surface area contributed by atoms with Gasteiger partial charge in [-0.25, -0.2) is 0 Å². The molecule has 3 rings (SSSR count). The lowest BCUT2D eigenvalue weighted by atomic mass is 9.95. The zero-order valence-electron chi connectivity index (χ0n) is 16.8. The van der Waals surface area contributed by atoms with E-state index < -0.39 is 24.3 Å². The minimum absolute atomic E-state index is 0.133. The molecule has 2 aliphatic rings. The zero-order valence-corrected chi connectivity index (χ0v) is 16.8. The van der Waals surface area contributed by atoms with Crippen molar-refractivity contribution in [3.8, 4) is 6.07 Å². The smallest absolute Gasteiger partial charge is 0.323 e. The van der Waals surface area contributed by atoms with Gasteiger partial charge < -0.3 is 10.0 Å². The summed E-state index contributed by atoms with van der Waals surface area (Å²) in [7, 11) is 0. The molecule has 1 fully saturated rings. The van der Waals surface area contributed by atoms with E-state index in [9.17, 15) is 19.6 Å². The number of aliphatic carboxylic acids is 1. The fourth-order valence-corrected chi connectivity index (χ4v) is 3.64. The Kier molecular flexibility index (Phi) is 6.48. The van der Waals surface area contributed by atoms with Gasteiger partial charge in [0.1, 0.15) is 18.2 Å². The molecule has 1 aromatic carbocycles. The number of amides is 2. The van der Waals surface area contributed by atoms with Crippen LogP contribution in [0.1, 0.15) is 31.7 Å². The molecule has 2 aliphatic heterocycles. The summed E-state index contributed by atoms with van der Waals surface area (Å²) in [5.74, 6) is -2.92. The van der Waals surface area contributed by atoms with Crippen molar-refractivity contribution in [3.63, 3.8) is 0 Å². The number of imide groups is 1. The van der Waals surface area contributed by atoms with E-state index >= 15 is 0 Å². The van der Waals surface area contributed by atoms with E-state index in [1.54, 1.807) is 12.1 Å². The maximum absolute atomic E-state index is 12.6. The highest BCUT2D eigenvalue weighted by atomic mass is 16.4. The van der Waals surface area contributed by atoms with Gasteiger partial charge in [-0.1, -0.05) is 24.3 Å². The lowest BCUT2D eigenvalue weighted by Gasteiger charge is -2.28. The molecular formula is C23H23N3O4. The third-order valence-corrected chi connectivity index (χ3v) is 5.28. The van der Waals surface area contributed by atoms with Gasteiger partial charge in [0.2, 0.25) is 0 Å². The van der Waals surface area contributed by atoms with Crippen molar-refractivity contribution < 1.29 is 19.5 Å². The predicted octanol–water partition coefficient (Wildman–Crippen LogP) is 2.91. The second-order valence-corrected chi connectivity index (χ2v) is 7.28. The highest BCUT2D eigenvalue weighted by molar-refractivity contribution is 6.19. The Morgan fingerprint density at radius 2 is 1.80 bits per heavy atom. The van der Waals surface area contributed by atoms with E-state index in [-0.39, 0.29) is 16.7 Å². The summed E-state index contributed by atoms with van der Waals surface area (Å²) in [6, 6.07) is 9.89. The van der Waals surface area contributed by atoms with Gasteiger partial charge in [0, 0.05) is 24.4 Å². The van der Waals surface area contributed by atoms with Gasteiger partial charge in [-0.3, -0.25) is 19.3 Å². The van der Waals surface area contributed by atoms with Crippen molar-refractivity contribution in [2.45, 2.75) is 26.2 Å². The molecule has 0 aliphatic carbocycles. The molecule has 154 valence electrons. The second kappa shape index (κ2) is 9.23. The standard InChI is InChI=1S/C23H23N3O4/c1-16-19(22(29)26(15-21(27)28)23(30)20(16)14-24)7-5-6-17-8-10-18(11-9-17)25-12-3-2-4-13-25/h5-11H,2-4,12-13,15H2,1H3,(H,27,28)/b6-5+,19-7-. The van der Waals surface area contributed by atoms with Crippen LogP contribution < -0.4 is 4.90 Å². The average molecular weight is 405 g/mol. The van der Waals surface area contributed by atoms with Crippen LogP contribution in [0.4, 0.5) is 5.69 Å². The van der Waals surface area contributed by atoms with Gasteiger partial charge in [-0.15, -0.1) is 0 Å². The first kappa shape index (κ1) is 21.1. The lowest BCUT2D eigenvalue weighted by molar-refractivity contribution is -0.149. The monoisotopic (exact) mass is 405 g/mol. The molecule has 7 nitrogen and oxygen atoms in total. The van der Waals surface area contributed by atoms with Crippen molar-refractivity contribution in [3.05, 3.63) is 58.7 Å². The minimum atomic E-state index is -1.32. The molecule has 0 unspecified atom stereocenters. The number of nitrogens with zero attached hydrogens (tertiary/aromatic N) is 3. The SMILES string of the molecule is CC1=C(C#N)C(=O)N(CC(=O)O)C(=O)/C1=C\C=C\c1ccc(N2CCCCC2)cc1. The van der Waals surface area contributed by atoms with Gasteiger partial charge in [0.05, 0.1) is 0 Å². The van der Waals surface area contributed by atoms with Crippen LogP contribution in [0.2, 0.25) is 0 Å². The molecule has 7 heteroatoms. The fraction of sp³-hybridized carbons (Fsp3) is 0.304. The number of nitriles is 1. The topological polar surface area (TPSA) is 102 Å². The Hall–Kier alpha value is -3.66. The van der Waals surface area contributed by atoms with Crippen LogP contribution in [0.5, 0.6) is 0 Å². The predicted molar refractivity (Wildman–Crippen MR) is 112 cm³/mol. The Morgan fingerprint density at radius 3 is 2.40 bits per heavy atom. The number of piperidine rings is 1. The number of allylic oxidation sites excluding steroid dienone is 2. The molecular weight excluding hydrogens is 382 g/mol. The van der Waals surface area contributed by atoms with Gasteiger partial charge in [0.25, 0.3) is 11.8 Å². The van der Waals surface area contributed by atoms with Crippen molar-refractivity contribution in [1.29, 1.82) is 5.26 Å². The highest BCUT2D eigenvalue weighted by Gasteiger charge is 2.36. The highest BCUT2D eigenvalue weighted by Crippen LogP contribution is 2.25. The van der Waals surface area contributed by atoms with Crippen molar-refractivity contribution >= 4 is 29.5 Å². The van der Waals surface area contributed by atoms with Crippen molar-refractivity contribution in [2.75, 3.05) is 24.5 Å². The summed E-state index contributed by atoms with van der Waals surface area (Å²) in [6.45, 7) is 2.87. The Balaban J connectivity index is 1.80. The maximum atomic E-state index is 12.6. The Morgan fingerprint density at radius 1 is 1.13 bits per heavy atom. The number of hydrogen-bond donors (Lipinski definition) is 1. The molecule has 2 amide bonds. The number of hydrogen-bond acceptors (Lipinski definition) is 5. The first-order chi connectivity index (χ1) is 14.4. The summed E-state index contributed by atoms with van der Waals surface area (Å²) < 4.78 is 0. The summed E-state index contributed by atoms with van der Waals surface area (Å²) in [5, 5.41) is 18.2. The van der Waals surface area contributed by atoms with E-state index in [4.69, 9.17) is 5.11 Å². The molecule has 1 aromatic rings. The van der Waals surface area contributed by atoms with Crippen molar-refractivity contribution in [1.82, 2.24) is 4.90 Å². The zero-order chi connectivity index (χ0) is 21.7. The third kappa shape index (κ3) is 4.49. The Labute approximate surface area is 175 Å². The quantitative estimate of drug-likeness (QED) is 0.597. The normalized spacial score (nSPS) is 19.0. The fourth-order valence-electron chi connectivity index (χ4n) is 3.64. The number of rotatable bonds is 5. The maximum Gasteiger partial charge on any atom is 0.323 e. The number of carbonyl (C=O) groups is 3. The molecule has 0 aromatic heterocycles. The molecule has 1 saturated heterocycles. The average Bonchev–Trinajstić information content (AvgIpc) is 2.75. The van der Waals surface area contributed by atoms with Crippen LogP contribution >= 0.6 is 0 Å². The molecule has 0 bridgehead atoms. The molecule has 2 heterocycles. The van der Waals surface area contributed by atoms with Crippen LogP contribution in [0, 0.1) is 11.3 Å². The van der Waals surface area contributed by atoms with Gasteiger partial charge in [-0.05, 0) is 55.5 Å². The Bertz CT molecular complexity index is 990. The number of anilines is 1. The first-order valence-electron chi connectivity index (χ1n) is 9.85. The number of benzene rings is 1. The summed E-state index contributed by atoms with van der Waals surface area (Å²) in [4.78, 5) is 38.8. The molecule has 0 atom stereocenters. The first-order valence-corrected chi connectivity index (χ1v) is 9.85. The van der Waals surface area contributed by atoms with Gasteiger partial charge in [0.15, 0.2) is 0 Å². The molecule has 1 N–H and O–H groups in total. The summed E-state index contributed by atoms with van der Waals surface area (Å²) in [6.07, 6.45) is 8.69. The van der Waals surface area contributed by atoms with Crippen LogP contribution in [0.25, 0.3) is 6.08 Å². The number of carboxylic acid groups (broad SMARTS) is 1. The van der Waals surface area contributed by atoms with E-state index in [0.717, 1.165) is 18.7 Å². The summed E-state index contributed by atoms with van der Waals surface area (Å²) >= 11 is 0. The van der Waals surface area contributed by atoms with Crippen molar-refractivity contribution in [2.24, 2.45) is 0 Å². The van der Waals surface area contributed by atoms with Crippen LogP contribution in [0.3, 0.4) is 0 Å². The van der Waals surface area contributed by atoms with E-state index in [0.29, 0.717) is 4.90 Å². The number of carboxylic acids is 1. The lowest BCUT2D eigenvalue weighted by Crippen LogP contribution is -2.45. The summed E-state index contributed by atoms with van der Waals surface area (Å²) in [5.41, 5.74) is 2.29. The largest absolute Gasteiger partial charge is 0.480 e. The van der Waals surface area contributed by atoms with E-state index in [1.165, 1.54) is 37.9 Å². The third-order valence-electron chi connectivity index (χ3n) is 5.28. The van der Waals surface area contributed by atoms with E-state index in [2.05, 4.69) is 17.0 Å². The molecule has 0 radical (unpaired) electrons. The van der Waals surface area contributed by atoms with Gasteiger partial charge >= 0.3 is 5.97 Å².